The highest BCUT2D eigenvalue weighted by Crippen LogP contribution is 2.18. The van der Waals surface area contributed by atoms with E-state index in [-0.39, 0.29) is 45.6 Å². The molecule has 27 heavy (non-hydrogen) atoms. The first-order chi connectivity index (χ1) is 12.6. The van der Waals surface area contributed by atoms with Crippen molar-refractivity contribution in [3.8, 4) is 0 Å². The molecule has 0 aliphatic rings. The predicted octanol–water partition coefficient (Wildman–Crippen LogP) is 0.235. The van der Waals surface area contributed by atoms with Crippen molar-refractivity contribution in [1.29, 1.82) is 0 Å². The van der Waals surface area contributed by atoms with Crippen LogP contribution >= 0.6 is 0 Å². The minimum atomic E-state index is -0.667. The standard InChI is InChI=1S/C7H12O2.2C6H14O3/c1-5(2)6(3)7(8)9-4;2*1-2-6(3-7,4-8)5-9/h1-4H3;2*7-9H,2-5H2,1H3. The largest absolute Gasteiger partial charge is 0.466 e. The summed E-state index contributed by atoms with van der Waals surface area (Å²) in [4.78, 5) is 10.7. The number of carbonyl (C=O) groups is 1. The fourth-order valence-electron chi connectivity index (χ4n) is 1.33. The fourth-order valence-corrected chi connectivity index (χ4v) is 1.33. The molecule has 0 saturated heterocycles. The summed E-state index contributed by atoms with van der Waals surface area (Å²) in [6.45, 7) is 8.22. The highest BCUT2D eigenvalue weighted by atomic mass is 16.5. The molecule has 0 aliphatic heterocycles. The van der Waals surface area contributed by atoms with Crippen molar-refractivity contribution in [2.75, 3.05) is 46.8 Å². The first kappa shape index (κ1) is 30.7. The van der Waals surface area contributed by atoms with Crippen LogP contribution in [0.25, 0.3) is 0 Å². The van der Waals surface area contributed by atoms with E-state index in [0.717, 1.165) is 5.57 Å². The van der Waals surface area contributed by atoms with Crippen LogP contribution in [0, 0.1) is 10.8 Å². The van der Waals surface area contributed by atoms with Crippen LogP contribution in [0.3, 0.4) is 0 Å². The summed E-state index contributed by atoms with van der Waals surface area (Å²) in [6, 6.07) is 0. The first-order valence-corrected chi connectivity index (χ1v) is 8.96. The third-order valence-corrected chi connectivity index (χ3v) is 4.75. The van der Waals surface area contributed by atoms with Gasteiger partial charge in [-0.15, -0.1) is 0 Å². The van der Waals surface area contributed by atoms with Gasteiger partial charge in [-0.25, -0.2) is 4.79 Å². The van der Waals surface area contributed by atoms with Gasteiger partial charge in [-0.1, -0.05) is 19.4 Å². The molecule has 0 aromatic heterocycles. The highest BCUT2D eigenvalue weighted by molar-refractivity contribution is 5.88. The molecular weight excluding hydrogens is 356 g/mol. The number of allylic oxidation sites excluding steroid dienone is 1. The van der Waals surface area contributed by atoms with Gasteiger partial charge in [-0.2, -0.15) is 0 Å². The van der Waals surface area contributed by atoms with Crippen molar-refractivity contribution in [1.82, 2.24) is 0 Å². The summed E-state index contributed by atoms with van der Waals surface area (Å²) in [5.41, 5.74) is 0.361. The lowest BCUT2D eigenvalue weighted by molar-refractivity contribution is -0.136. The quantitative estimate of drug-likeness (QED) is 0.240. The lowest BCUT2D eigenvalue weighted by atomic mass is 9.88. The van der Waals surface area contributed by atoms with Gasteiger partial charge in [0.1, 0.15) is 0 Å². The van der Waals surface area contributed by atoms with Crippen molar-refractivity contribution in [3.63, 3.8) is 0 Å². The molecule has 0 amide bonds. The second-order valence-corrected chi connectivity index (χ2v) is 6.77. The molecule has 0 aromatic rings. The molecular formula is C19H40O8. The van der Waals surface area contributed by atoms with Crippen LogP contribution in [-0.2, 0) is 9.53 Å². The maximum absolute atomic E-state index is 10.7. The van der Waals surface area contributed by atoms with Gasteiger partial charge in [0.15, 0.2) is 0 Å². The maximum atomic E-state index is 10.7. The average molecular weight is 397 g/mol. The molecule has 0 atom stereocenters. The van der Waals surface area contributed by atoms with Crippen LogP contribution in [0.1, 0.15) is 47.5 Å². The molecule has 0 radical (unpaired) electrons. The van der Waals surface area contributed by atoms with Crippen LogP contribution in [0.5, 0.6) is 0 Å². The fraction of sp³-hybridized carbons (Fsp3) is 0.842. The minimum Gasteiger partial charge on any atom is -0.466 e. The second kappa shape index (κ2) is 17.1. The van der Waals surface area contributed by atoms with E-state index >= 15 is 0 Å². The number of hydrogen-bond donors (Lipinski definition) is 6. The Morgan fingerprint density at radius 2 is 0.963 bits per heavy atom. The van der Waals surface area contributed by atoms with Crippen molar-refractivity contribution in [2.24, 2.45) is 10.8 Å². The molecule has 0 rings (SSSR count). The summed E-state index contributed by atoms with van der Waals surface area (Å²) >= 11 is 0. The van der Waals surface area contributed by atoms with E-state index in [4.69, 9.17) is 30.6 Å². The van der Waals surface area contributed by atoms with Crippen molar-refractivity contribution < 1.29 is 40.2 Å². The van der Waals surface area contributed by atoms with Gasteiger partial charge in [0, 0.05) is 16.4 Å². The molecule has 8 heteroatoms. The molecule has 0 spiro atoms. The van der Waals surface area contributed by atoms with E-state index in [1.807, 2.05) is 27.7 Å². The third-order valence-electron chi connectivity index (χ3n) is 4.75. The molecule has 0 heterocycles. The van der Waals surface area contributed by atoms with Gasteiger partial charge in [-0.3, -0.25) is 0 Å². The number of ether oxygens (including phenoxy) is 1. The molecule has 0 aromatic carbocycles. The molecule has 8 nitrogen and oxygen atoms in total. The Hall–Kier alpha value is -1.03. The zero-order chi connectivity index (χ0) is 22.1. The Kier molecular flexibility index (Phi) is 19.4. The average Bonchev–Trinajstić information content (AvgIpc) is 2.72. The van der Waals surface area contributed by atoms with Gasteiger partial charge < -0.3 is 35.4 Å². The molecule has 164 valence electrons. The van der Waals surface area contributed by atoms with Crippen LogP contribution in [-0.4, -0.2) is 83.4 Å². The number of hydrogen-bond acceptors (Lipinski definition) is 8. The van der Waals surface area contributed by atoms with Gasteiger partial charge in [-0.05, 0) is 33.6 Å². The Morgan fingerprint density at radius 1 is 0.704 bits per heavy atom. The van der Waals surface area contributed by atoms with E-state index < -0.39 is 10.8 Å². The summed E-state index contributed by atoms with van der Waals surface area (Å²) in [5.74, 6) is -0.241. The predicted molar refractivity (Wildman–Crippen MR) is 104 cm³/mol. The van der Waals surface area contributed by atoms with Crippen molar-refractivity contribution >= 4 is 5.97 Å². The van der Waals surface area contributed by atoms with E-state index in [2.05, 4.69) is 4.74 Å². The molecule has 0 unspecified atom stereocenters. The lowest BCUT2D eigenvalue weighted by Gasteiger charge is -2.24. The van der Waals surface area contributed by atoms with E-state index in [0.29, 0.717) is 18.4 Å². The Balaban J connectivity index is -0.000000320. The molecule has 0 saturated carbocycles. The van der Waals surface area contributed by atoms with Crippen LogP contribution in [0.4, 0.5) is 0 Å². The van der Waals surface area contributed by atoms with Crippen LogP contribution < -0.4 is 0 Å². The summed E-state index contributed by atoms with van der Waals surface area (Å²) in [7, 11) is 1.38. The van der Waals surface area contributed by atoms with Gasteiger partial charge in [0.2, 0.25) is 0 Å². The van der Waals surface area contributed by atoms with E-state index in [9.17, 15) is 4.79 Å². The van der Waals surface area contributed by atoms with E-state index in [1.165, 1.54) is 7.11 Å². The van der Waals surface area contributed by atoms with Gasteiger partial charge >= 0.3 is 5.97 Å². The Labute approximate surface area is 163 Å². The molecule has 6 N–H and O–H groups in total. The molecule has 0 aliphatic carbocycles. The molecule has 0 bridgehead atoms. The summed E-state index contributed by atoms with van der Waals surface area (Å²) < 4.78 is 4.48. The normalized spacial score (nSPS) is 10.8. The van der Waals surface area contributed by atoms with Gasteiger partial charge in [0.25, 0.3) is 0 Å². The smallest absolute Gasteiger partial charge is 0.333 e. The Bertz CT molecular complexity index is 339. The maximum Gasteiger partial charge on any atom is 0.333 e. The summed E-state index contributed by atoms with van der Waals surface area (Å²) in [6.07, 6.45) is 1.19. The second-order valence-electron chi connectivity index (χ2n) is 6.77. The van der Waals surface area contributed by atoms with Crippen LogP contribution in [0.15, 0.2) is 11.1 Å². The van der Waals surface area contributed by atoms with Gasteiger partial charge in [0.05, 0.1) is 46.8 Å². The highest BCUT2D eigenvalue weighted by Gasteiger charge is 2.25. The SMILES string of the molecule is CCC(CO)(CO)CO.CCC(CO)(CO)CO.COC(=O)C(C)=C(C)C. The Morgan fingerprint density at radius 3 is 1.00 bits per heavy atom. The monoisotopic (exact) mass is 396 g/mol. The number of esters is 1. The zero-order valence-corrected chi connectivity index (χ0v) is 17.7. The number of methoxy groups -OCH3 is 1. The minimum absolute atomic E-state index is 0.156. The first-order valence-electron chi connectivity index (χ1n) is 8.96. The number of rotatable bonds is 9. The topological polar surface area (TPSA) is 148 Å². The number of carbonyl (C=O) groups excluding carboxylic acids is 1. The molecule has 0 fully saturated rings. The van der Waals surface area contributed by atoms with E-state index in [1.54, 1.807) is 6.92 Å². The lowest BCUT2D eigenvalue weighted by Crippen LogP contribution is -2.32. The van der Waals surface area contributed by atoms with Crippen LogP contribution in [0.2, 0.25) is 0 Å². The van der Waals surface area contributed by atoms with Crippen molar-refractivity contribution in [2.45, 2.75) is 47.5 Å². The van der Waals surface area contributed by atoms with Crippen molar-refractivity contribution in [3.05, 3.63) is 11.1 Å². The summed E-state index contributed by atoms with van der Waals surface area (Å²) in [5, 5.41) is 51.9. The zero-order valence-electron chi connectivity index (χ0n) is 17.7. The number of aliphatic hydroxyl groups is 6. The number of aliphatic hydroxyl groups excluding tert-OH is 6. The third kappa shape index (κ3) is 12.1.